The third-order valence-corrected chi connectivity index (χ3v) is 5.81. The average Bonchev–Trinajstić information content (AvgIpc) is 3.38. The van der Waals surface area contributed by atoms with Gasteiger partial charge >= 0.3 is 0 Å². The molecule has 3 aromatic rings. The second-order valence-electron chi connectivity index (χ2n) is 6.77. The third-order valence-electron chi connectivity index (χ3n) is 4.79. The van der Waals surface area contributed by atoms with Gasteiger partial charge in [0.15, 0.2) is 16.6 Å². The lowest BCUT2D eigenvalue weighted by molar-refractivity contribution is 0.0912. The molecule has 0 saturated carbocycles. The minimum atomic E-state index is -0.742. The number of aromatic nitrogens is 3. The Morgan fingerprint density at radius 2 is 2.21 bits per heavy atom. The number of hydrogen-bond donors (Lipinski definition) is 0. The van der Waals surface area contributed by atoms with Crippen LogP contribution in [0.3, 0.4) is 0 Å². The van der Waals surface area contributed by atoms with E-state index in [9.17, 15) is 13.6 Å². The molecule has 1 aliphatic rings. The summed E-state index contributed by atoms with van der Waals surface area (Å²) in [5, 5.41) is 4.67. The van der Waals surface area contributed by atoms with Gasteiger partial charge < -0.3 is 4.74 Å². The highest BCUT2D eigenvalue weighted by Crippen LogP contribution is 2.32. The normalized spacial score (nSPS) is 16.8. The molecule has 0 spiro atoms. The van der Waals surface area contributed by atoms with Gasteiger partial charge in [-0.1, -0.05) is 11.3 Å². The van der Waals surface area contributed by atoms with Gasteiger partial charge in [-0.05, 0) is 38.8 Å². The molecule has 9 heteroatoms. The van der Waals surface area contributed by atoms with Crippen molar-refractivity contribution in [2.24, 2.45) is 0 Å². The predicted molar refractivity (Wildman–Crippen MR) is 103 cm³/mol. The van der Waals surface area contributed by atoms with Crippen LogP contribution in [0.25, 0.3) is 10.2 Å². The van der Waals surface area contributed by atoms with E-state index < -0.39 is 11.6 Å². The van der Waals surface area contributed by atoms with Gasteiger partial charge in [-0.25, -0.2) is 13.8 Å². The van der Waals surface area contributed by atoms with E-state index in [0.717, 1.165) is 35.9 Å². The lowest BCUT2D eigenvalue weighted by Crippen LogP contribution is -2.37. The Morgan fingerprint density at radius 1 is 1.39 bits per heavy atom. The van der Waals surface area contributed by atoms with E-state index in [1.165, 1.54) is 11.0 Å². The second-order valence-corrected chi connectivity index (χ2v) is 7.78. The fourth-order valence-electron chi connectivity index (χ4n) is 3.37. The topological polar surface area (TPSA) is 60.2 Å². The number of hydrogen-bond acceptors (Lipinski definition) is 5. The summed E-state index contributed by atoms with van der Waals surface area (Å²) in [7, 11) is 0. The number of ether oxygens (including phenoxy) is 1. The van der Waals surface area contributed by atoms with Crippen LogP contribution >= 0.6 is 11.3 Å². The van der Waals surface area contributed by atoms with Gasteiger partial charge in [0.05, 0.1) is 17.3 Å². The number of rotatable bonds is 5. The van der Waals surface area contributed by atoms with Crippen LogP contribution in [0.4, 0.5) is 13.9 Å². The molecule has 1 aromatic carbocycles. The monoisotopic (exact) mass is 406 g/mol. The molecular formula is C19H20F2N4O2S. The van der Waals surface area contributed by atoms with Gasteiger partial charge in [-0.3, -0.25) is 14.4 Å². The molecule has 28 heavy (non-hydrogen) atoms. The number of fused-ring (bicyclic) bond motifs is 1. The summed E-state index contributed by atoms with van der Waals surface area (Å²) in [6, 6.07) is 3.75. The average molecular weight is 406 g/mol. The predicted octanol–water partition coefficient (Wildman–Crippen LogP) is 3.93. The summed E-state index contributed by atoms with van der Waals surface area (Å²) in [5.74, 6) is -1.74. The molecule has 1 atom stereocenters. The zero-order valence-electron chi connectivity index (χ0n) is 15.6. The molecule has 3 heterocycles. The molecule has 4 rings (SSSR count). The highest BCUT2D eigenvalue weighted by atomic mass is 32.1. The lowest BCUT2D eigenvalue weighted by atomic mass is 10.2. The van der Waals surface area contributed by atoms with Crippen molar-refractivity contribution < 1.29 is 18.3 Å². The number of amides is 1. The lowest BCUT2D eigenvalue weighted by Gasteiger charge is -2.22. The minimum absolute atomic E-state index is 0.0572. The van der Waals surface area contributed by atoms with E-state index in [1.54, 1.807) is 10.7 Å². The quantitative estimate of drug-likeness (QED) is 0.644. The Kier molecular flexibility index (Phi) is 5.11. The second kappa shape index (κ2) is 7.56. The van der Waals surface area contributed by atoms with Gasteiger partial charge in [0.1, 0.15) is 11.3 Å². The van der Waals surface area contributed by atoms with Crippen LogP contribution in [0.5, 0.6) is 0 Å². The van der Waals surface area contributed by atoms with Crippen LogP contribution in [0, 0.1) is 18.6 Å². The number of benzene rings is 1. The van der Waals surface area contributed by atoms with Gasteiger partial charge in [0.25, 0.3) is 5.91 Å². The minimum Gasteiger partial charge on any atom is -0.376 e. The number of aryl methyl sites for hydroxylation is 2. The summed E-state index contributed by atoms with van der Waals surface area (Å²) < 4.78 is 35.5. The maximum Gasteiger partial charge on any atom is 0.280 e. The van der Waals surface area contributed by atoms with Gasteiger partial charge in [-0.2, -0.15) is 5.10 Å². The van der Waals surface area contributed by atoms with Crippen molar-refractivity contribution in [3.8, 4) is 0 Å². The summed E-state index contributed by atoms with van der Waals surface area (Å²) in [5.41, 5.74) is 1.23. The molecule has 0 aliphatic carbocycles. The Morgan fingerprint density at radius 3 is 2.89 bits per heavy atom. The highest BCUT2D eigenvalue weighted by Gasteiger charge is 2.29. The van der Waals surface area contributed by atoms with Crippen molar-refractivity contribution in [2.75, 3.05) is 18.1 Å². The molecule has 1 unspecified atom stereocenters. The molecule has 0 bridgehead atoms. The number of carbonyl (C=O) groups excluding carboxylic acids is 1. The molecule has 0 radical (unpaired) electrons. The summed E-state index contributed by atoms with van der Waals surface area (Å²) in [4.78, 5) is 19.0. The largest absolute Gasteiger partial charge is 0.376 e. The fourth-order valence-corrected chi connectivity index (χ4v) is 4.39. The van der Waals surface area contributed by atoms with Crippen LogP contribution in [-0.2, 0) is 11.3 Å². The molecule has 0 N–H and O–H groups in total. The van der Waals surface area contributed by atoms with Crippen LogP contribution in [-0.4, -0.2) is 39.9 Å². The molecule has 1 amide bonds. The molecule has 148 valence electrons. The van der Waals surface area contributed by atoms with Crippen molar-refractivity contribution in [2.45, 2.75) is 39.3 Å². The molecular weight excluding hydrogens is 386 g/mol. The first-order valence-electron chi connectivity index (χ1n) is 9.19. The maximum atomic E-state index is 14.1. The first-order valence-corrected chi connectivity index (χ1v) is 10.0. The van der Waals surface area contributed by atoms with Crippen LogP contribution in [0.15, 0.2) is 18.2 Å². The molecule has 1 fully saturated rings. The van der Waals surface area contributed by atoms with Crippen LogP contribution in [0.1, 0.15) is 35.9 Å². The Bertz CT molecular complexity index is 1030. The van der Waals surface area contributed by atoms with E-state index in [4.69, 9.17) is 4.74 Å². The van der Waals surface area contributed by atoms with Crippen LogP contribution in [0.2, 0.25) is 0 Å². The smallest absolute Gasteiger partial charge is 0.280 e. The number of anilines is 1. The zero-order valence-corrected chi connectivity index (χ0v) is 16.4. The summed E-state index contributed by atoms with van der Waals surface area (Å²) in [6.07, 6.45) is 1.64. The van der Waals surface area contributed by atoms with Crippen molar-refractivity contribution >= 4 is 32.6 Å². The SMILES string of the molecule is CCn1nc(C(=O)N(CC2CCCO2)c2nc3c(F)cc(F)cc3s2)cc1C. The van der Waals surface area contributed by atoms with Gasteiger partial charge in [0, 0.05) is 24.9 Å². The van der Waals surface area contributed by atoms with Gasteiger partial charge in [0.2, 0.25) is 0 Å². The molecule has 1 aliphatic heterocycles. The number of halogens is 2. The number of nitrogens with zero attached hydrogens (tertiary/aromatic N) is 4. The molecule has 6 nitrogen and oxygen atoms in total. The third kappa shape index (κ3) is 3.51. The highest BCUT2D eigenvalue weighted by molar-refractivity contribution is 7.22. The summed E-state index contributed by atoms with van der Waals surface area (Å²) in [6.45, 7) is 5.42. The van der Waals surface area contributed by atoms with Crippen molar-refractivity contribution in [1.29, 1.82) is 0 Å². The number of thiazole rings is 1. The number of carbonyl (C=O) groups is 1. The zero-order chi connectivity index (χ0) is 19.8. The van der Waals surface area contributed by atoms with Crippen molar-refractivity contribution in [3.05, 3.63) is 41.2 Å². The Hall–Kier alpha value is -2.39. The van der Waals surface area contributed by atoms with Crippen molar-refractivity contribution in [1.82, 2.24) is 14.8 Å². The van der Waals surface area contributed by atoms with E-state index in [0.29, 0.717) is 35.2 Å². The van der Waals surface area contributed by atoms with Crippen molar-refractivity contribution in [3.63, 3.8) is 0 Å². The van der Waals surface area contributed by atoms with E-state index >= 15 is 0 Å². The maximum absolute atomic E-state index is 14.1. The molecule has 2 aromatic heterocycles. The first-order chi connectivity index (χ1) is 13.5. The molecule has 1 saturated heterocycles. The van der Waals surface area contributed by atoms with E-state index in [2.05, 4.69) is 10.1 Å². The first kappa shape index (κ1) is 18.9. The fraction of sp³-hybridized carbons (Fsp3) is 0.421. The Labute approximate surface area is 164 Å². The standard InChI is InChI=1S/C19H20F2N4O2S/c1-3-25-11(2)7-15(23-25)18(26)24(10-13-5-4-6-27-13)19-22-17-14(21)8-12(20)9-16(17)28-19/h7-9,13H,3-6,10H2,1-2H3. The van der Waals surface area contributed by atoms with E-state index in [1.807, 2.05) is 13.8 Å². The van der Waals surface area contributed by atoms with E-state index in [-0.39, 0.29) is 17.5 Å². The van der Waals surface area contributed by atoms with Gasteiger partial charge in [-0.15, -0.1) is 0 Å². The van der Waals surface area contributed by atoms with Crippen LogP contribution < -0.4 is 4.90 Å². The Balaban J connectivity index is 1.74. The summed E-state index contributed by atoms with van der Waals surface area (Å²) >= 11 is 1.08.